The molecule has 7 heteroatoms. The Labute approximate surface area is 146 Å². The zero-order valence-corrected chi connectivity index (χ0v) is 14.5. The molecule has 1 aliphatic heterocycles. The molecule has 0 aliphatic carbocycles. The Morgan fingerprint density at radius 2 is 2.32 bits per heavy atom. The van der Waals surface area contributed by atoms with Crippen LogP contribution in [0.5, 0.6) is 5.75 Å². The fourth-order valence-corrected chi connectivity index (χ4v) is 3.14. The number of halogens is 1. The highest BCUT2D eigenvalue weighted by molar-refractivity contribution is 5.77. The number of ether oxygens (including phenoxy) is 1. The van der Waals surface area contributed by atoms with Crippen LogP contribution in [0.2, 0.25) is 0 Å². The van der Waals surface area contributed by atoms with E-state index >= 15 is 0 Å². The van der Waals surface area contributed by atoms with Gasteiger partial charge in [-0.15, -0.1) is 0 Å². The van der Waals surface area contributed by atoms with Gasteiger partial charge in [0.1, 0.15) is 0 Å². The molecule has 1 aliphatic rings. The van der Waals surface area contributed by atoms with Gasteiger partial charge in [0.2, 0.25) is 5.91 Å². The number of benzene rings is 1. The lowest BCUT2D eigenvalue weighted by atomic mass is 9.95. The number of aryl methyl sites for hydroxylation is 1. The van der Waals surface area contributed by atoms with Gasteiger partial charge >= 0.3 is 0 Å². The van der Waals surface area contributed by atoms with Crippen molar-refractivity contribution in [1.82, 2.24) is 20.2 Å². The normalized spacial score (nSPS) is 20.4. The average molecular weight is 346 g/mol. The summed E-state index contributed by atoms with van der Waals surface area (Å²) in [5.74, 6) is -0.0541. The van der Waals surface area contributed by atoms with E-state index in [-0.39, 0.29) is 29.6 Å². The largest absolute Gasteiger partial charge is 0.491 e. The first kappa shape index (κ1) is 17.4. The van der Waals surface area contributed by atoms with Crippen LogP contribution in [0.15, 0.2) is 30.7 Å². The van der Waals surface area contributed by atoms with Crippen LogP contribution in [-0.4, -0.2) is 28.1 Å². The van der Waals surface area contributed by atoms with Gasteiger partial charge in [0.25, 0.3) is 0 Å². The number of nitrogens with zero attached hydrogens (tertiary/aromatic N) is 2. The molecule has 2 N–H and O–H groups in total. The highest BCUT2D eigenvalue weighted by Gasteiger charge is 2.31. The van der Waals surface area contributed by atoms with E-state index in [1.807, 2.05) is 24.6 Å². The molecule has 1 saturated heterocycles. The van der Waals surface area contributed by atoms with Gasteiger partial charge in [-0.1, -0.05) is 6.07 Å². The van der Waals surface area contributed by atoms with Crippen LogP contribution in [0.3, 0.4) is 0 Å². The number of hydrogen-bond acceptors (Lipinski definition) is 4. The van der Waals surface area contributed by atoms with Gasteiger partial charge in [-0.05, 0) is 31.0 Å². The maximum absolute atomic E-state index is 14.0. The highest BCUT2D eigenvalue weighted by atomic mass is 19.1. The molecule has 3 rings (SSSR count). The summed E-state index contributed by atoms with van der Waals surface area (Å²) in [4.78, 5) is 15.9. The number of nitrogens with one attached hydrogen (secondary N) is 2. The third-order valence-electron chi connectivity index (χ3n) is 4.44. The summed E-state index contributed by atoms with van der Waals surface area (Å²) in [6.07, 6.45) is 4.68. The quantitative estimate of drug-likeness (QED) is 0.840. The van der Waals surface area contributed by atoms with Gasteiger partial charge in [0.05, 0.1) is 30.9 Å². The van der Waals surface area contributed by atoms with Crippen molar-refractivity contribution in [3.05, 3.63) is 47.8 Å². The smallest absolute Gasteiger partial charge is 0.220 e. The first-order valence-corrected chi connectivity index (χ1v) is 8.48. The second kappa shape index (κ2) is 7.65. The standard InChI is InChI=1S/C18H23FN4O2/c1-3-25-16-6-4-12(8-13(16)19)9-21-14-5-7-17(24)22-18(14)15-10-20-11-23(15)2/h4,6,8,10-11,14,18,21H,3,5,7,9H2,1-2H3,(H,22,24)/t14-,18-/m1/s1. The van der Waals surface area contributed by atoms with Crippen molar-refractivity contribution < 1.29 is 13.9 Å². The van der Waals surface area contributed by atoms with E-state index in [4.69, 9.17) is 4.74 Å². The van der Waals surface area contributed by atoms with Gasteiger partial charge in [0.15, 0.2) is 11.6 Å². The van der Waals surface area contributed by atoms with Crippen molar-refractivity contribution in [1.29, 1.82) is 0 Å². The van der Waals surface area contributed by atoms with E-state index in [2.05, 4.69) is 15.6 Å². The van der Waals surface area contributed by atoms with Gasteiger partial charge in [-0.25, -0.2) is 9.37 Å². The number of imidazole rings is 1. The Kier molecular flexibility index (Phi) is 5.33. The number of rotatable bonds is 6. The second-order valence-electron chi connectivity index (χ2n) is 6.20. The van der Waals surface area contributed by atoms with Crippen LogP contribution in [0.1, 0.15) is 37.1 Å². The van der Waals surface area contributed by atoms with Crippen molar-refractivity contribution in [2.45, 2.75) is 38.4 Å². The molecule has 6 nitrogen and oxygen atoms in total. The third-order valence-corrected chi connectivity index (χ3v) is 4.44. The molecule has 2 aromatic rings. The minimum Gasteiger partial charge on any atom is -0.491 e. The first-order chi connectivity index (χ1) is 12.1. The molecular formula is C18H23FN4O2. The lowest BCUT2D eigenvalue weighted by Gasteiger charge is -2.33. The zero-order chi connectivity index (χ0) is 17.8. The van der Waals surface area contributed by atoms with E-state index in [1.165, 1.54) is 6.07 Å². The van der Waals surface area contributed by atoms with Gasteiger partial charge in [0, 0.05) is 26.1 Å². The third kappa shape index (κ3) is 3.99. The summed E-state index contributed by atoms with van der Waals surface area (Å²) in [5.41, 5.74) is 1.78. The lowest BCUT2D eigenvalue weighted by molar-refractivity contribution is -0.124. The van der Waals surface area contributed by atoms with Crippen LogP contribution >= 0.6 is 0 Å². The zero-order valence-electron chi connectivity index (χ0n) is 14.5. The van der Waals surface area contributed by atoms with Crippen molar-refractivity contribution in [2.24, 2.45) is 7.05 Å². The SMILES string of the molecule is CCOc1ccc(CN[C@@H]2CCC(=O)N[C@H]2c2cncn2C)cc1F. The van der Waals surface area contributed by atoms with Crippen LogP contribution in [0.4, 0.5) is 4.39 Å². The average Bonchev–Trinajstić information content (AvgIpc) is 3.02. The topological polar surface area (TPSA) is 68.2 Å². The van der Waals surface area contributed by atoms with Crippen molar-refractivity contribution in [2.75, 3.05) is 6.61 Å². The molecule has 25 heavy (non-hydrogen) atoms. The minimum absolute atomic E-state index is 0.0383. The first-order valence-electron chi connectivity index (χ1n) is 8.48. The van der Waals surface area contributed by atoms with Crippen molar-refractivity contribution in [3.8, 4) is 5.75 Å². The van der Waals surface area contributed by atoms with Crippen LogP contribution < -0.4 is 15.4 Å². The molecule has 0 radical (unpaired) electrons. The fourth-order valence-electron chi connectivity index (χ4n) is 3.14. The molecular weight excluding hydrogens is 323 g/mol. The maximum atomic E-state index is 14.0. The van der Waals surface area contributed by atoms with E-state index in [9.17, 15) is 9.18 Å². The Morgan fingerprint density at radius 3 is 3.00 bits per heavy atom. The Hall–Kier alpha value is -2.41. The minimum atomic E-state index is -0.360. The second-order valence-corrected chi connectivity index (χ2v) is 6.20. The molecule has 2 heterocycles. The summed E-state index contributed by atoms with van der Waals surface area (Å²) < 4.78 is 21.1. The van der Waals surface area contributed by atoms with Gasteiger partial charge in [-0.2, -0.15) is 0 Å². The summed E-state index contributed by atoms with van der Waals surface area (Å²) in [7, 11) is 1.90. The highest BCUT2D eigenvalue weighted by Crippen LogP contribution is 2.24. The summed E-state index contributed by atoms with van der Waals surface area (Å²) in [5, 5.41) is 6.47. The van der Waals surface area contributed by atoms with E-state index in [1.54, 1.807) is 18.6 Å². The maximum Gasteiger partial charge on any atom is 0.220 e. The fraction of sp³-hybridized carbons (Fsp3) is 0.444. The van der Waals surface area contributed by atoms with E-state index < -0.39 is 0 Å². The molecule has 1 amide bonds. The van der Waals surface area contributed by atoms with E-state index in [0.29, 0.717) is 19.6 Å². The van der Waals surface area contributed by atoms with Crippen molar-refractivity contribution >= 4 is 5.91 Å². The van der Waals surface area contributed by atoms with E-state index in [0.717, 1.165) is 17.7 Å². The molecule has 1 fully saturated rings. The van der Waals surface area contributed by atoms with Crippen molar-refractivity contribution in [3.63, 3.8) is 0 Å². The summed E-state index contributed by atoms with van der Waals surface area (Å²) in [6, 6.07) is 4.89. The number of piperidine rings is 1. The Morgan fingerprint density at radius 1 is 1.48 bits per heavy atom. The predicted molar refractivity (Wildman–Crippen MR) is 91.5 cm³/mol. The Bertz CT molecular complexity index is 746. The molecule has 0 unspecified atom stereocenters. The molecule has 0 bridgehead atoms. The monoisotopic (exact) mass is 346 g/mol. The number of carbonyl (C=O) groups excluding carboxylic acids is 1. The lowest BCUT2D eigenvalue weighted by Crippen LogP contribution is -2.48. The Balaban J connectivity index is 1.69. The van der Waals surface area contributed by atoms with Gasteiger partial charge < -0.3 is 19.9 Å². The van der Waals surface area contributed by atoms with Crippen LogP contribution in [-0.2, 0) is 18.4 Å². The number of hydrogen-bond donors (Lipinski definition) is 2. The summed E-state index contributed by atoms with van der Waals surface area (Å²) >= 11 is 0. The molecule has 134 valence electrons. The molecule has 1 aromatic carbocycles. The molecule has 0 saturated carbocycles. The molecule has 2 atom stereocenters. The number of aromatic nitrogens is 2. The predicted octanol–water partition coefficient (Wildman–Crippen LogP) is 2.07. The van der Waals surface area contributed by atoms with Gasteiger partial charge in [-0.3, -0.25) is 4.79 Å². The van der Waals surface area contributed by atoms with Crippen LogP contribution in [0, 0.1) is 5.82 Å². The molecule has 0 spiro atoms. The molecule has 1 aromatic heterocycles. The number of carbonyl (C=O) groups is 1. The number of amides is 1. The summed E-state index contributed by atoms with van der Waals surface area (Å²) in [6.45, 7) is 2.77. The van der Waals surface area contributed by atoms with Crippen LogP contribution in [0.25, 0.3) is 0 Å².